The second kappa shape index (κ2) is 6.74. The van der Waals surface area contributed by atoms with Gasteiger partial charge in [-0.2, -0.15) is 8.78 Å². The number of hydrogen-bond acceptors (Lipinski definition) is 5. The highest BCUT2D eigenvalue weighted by Crippen LogP contribution is 2.22. The highest BCUT2D eigenvalue weighted by atomic mass is 32.1. The third kappa shape index (κ3) is 3.96. The van der Waals surface area contributed by atoms with Crippen molar-refractivity contribution in [2.75, 3.05) is 0 Å². The Bertz CT molecular complexity index is 545. The van der Waals surface area contributed by atoms with Crippen LogP contribution >= 0.6 is 11.3 Å². The predicted octanol–water partition coefficient (Wildman–Crippen LogP) is 2.80. The molecule has 0 spiro atoms. The summed E-state index contributed by atoms with van der Waals surface area (Å²) in [4.78, 5) is 4.38. The molecule has 0 aliphatic rings. The van der Waals surface area contributed by atoms with E-state index in [1.54, 1.807) is 23.5 Å². The van der Waals surface area contributed by atoms with E-state index in [1.807, 2.05) is 12.3 Å². The highest BCUT2D eigenvalue weighted by molar-refractivity contribution is 7.09. The van der Waals surface area contributed by atoms with E-state index < -0.39 is 6.61 Å². The molecule has 4 nitrogen and oxygen atoms in total. The van der Waals surface area contributed by atoms with Gasteiger partial charge in [-0.1, -0.05) is 12.1 Å². The van der Waals surface area contributed by atoms with Crippen molar-refractivity contribution in [1.29, 1.82) is 0 Å². The molecule has 1 unspecified atom stereocenters. The van der Waals surface area contributed by atoms with Gasteiger partial charge >= 0.3 is 6.61 Å². The van der Waals surface area contributed by atoms with Crippen LogP contribution in [-0.2, 0) is 6.42 Å². The van der Waals surface area contributed by atoms with Crippen LogP contribution in [-0.4, -0.2) is 11.6 Å². The summed E-state index contributed by atoms with van der Waals surface area (Å²) in [6.45, 7) is -0.877. The van der Waals surface area contributed by atoms with E-state index in [0.29, 0.717) is 6.42 Å². The molecule has 0 saturated carbocycles. The maximum Gasteiger partial charge on any atom is 0.387 e. The number of hydrazine groups is 1. The average molecular weight is 299 g/mol. The number of benzene rings is 1. The second-order valence-corrected chi connectivity index (χ2v) is 5.29. The normalized spacial score (nSPS) is 12.7. The maximum atomic E-state index is 12.1. The molecular weight excluding hydrogens is 284 g/mol. The van der Waals surface area contributed by atoms with Gasteiger partial charge in [0.2, 0.25) is 0 Å². The van der Waals surface area contributed by atoms with Crippen molar-refractivity contribution in [2.24, 2.45) is 5.84 Å². The van der Waals surface area contributed by atoms with Crippen LogP contribution in [0, 0.1) is 6.92 Å². The number of alkyl halides is 2. The molecule has 1 aromatic carbocycles. The lowest BCUT2D eigenvalue weighted by molar-refractivity contribution is -0.0498. The Kier molecular flexibility index (Phi) is 4.99. The van der Waals surface area contributed by atoms with Crippen LogP contribution in [0.1, 0.15) is 22.3 Å². The first-order chi connectivity index (χ1) is 9.58. The molecule has 0 fully saturated rings. The summed E-state index contributed by atoms with van der Waals surface area (Å²) < 4.78 is 28.5. The SMILES string of the molecule is Cc1nc(CC(NN)c2ccc(OC(F)F)cc2)cs1. The molecule has 20 heavy (non-hydrogen) atoms. The van der Waals surface area contributed by atoms with Crippen LogP contribution in [0.5, 0.6) is 5.75 Å². The summed E-state index contributed by atoms with van der Waals surface area (Å²) in [7, 11) is 0. The maximum absolute atomic E-state index is 12.1. The Morgan fingerprint density at radius 1 is 1.35 bits per heavy atom. The van der Waals surface area contributed by atoms with E-state index in [2.05, 4.69) is 15.1 Å². The summed E-state index contributed by atoms with van der Waals surface area (Å²) >= 11 is 1.58. The quantitative estimate of drug-likeness (QED) is 0.636. The third-order valence-electron chi connectivity index (χ3n) is 2.79. The molecule has 0 saturated heterocycles. The van der Waals surface area contributed by atoms with Gasteiger partial charge in [0.25, 0.3) is 0 Å². The molecule has 3 N–H and O–H groups in total. The predicted molar refractivity (Wildman–Crippen MR) is 73.7 cm³/mol. The standard InChI is InChI=1S/C13H15F2N3OS/c1-8-17-10(7-20-8)6-12(18-16)9-2-4-11(5-3-9)19-13(14)15/h2-5,7,12-13,18H,6,16H2,1H3. The number of hydrogen-bond donors (Lipinski definition) is 2. The van der Waals surface area contributed by atoms with Gasteiger partial charge in [-0.3, -0.25) is 11.3 Å². The molecular formula is C13H15F2N3OS. The first-order valence-electron chi connectivity index (χ1n) is 6.00. The van der Waals surface area contributed by atoms with Gasteiger partial charge in [0, 0.05) is 11.8 Å². The Hall–Kier alpha value is -1.57. The van der Waals surface area contributed by atoms with Crippen molar-refractivity contribution in [3.05, 3.63) is 45.9 Å². The van der Waals surface area contributed by atoms with E-state index >= 15 is 0 Å². The van der Waals surface area contributed by atoms with Crippen molar-refractivity contribution in [3.8, 4) is 5.75 Å². The molecule has 0 radical (unpaired) electrons. The molecule has 0 aliphatic carbocycles. The summed E-state index contributed by atoms with van der Waals surface area (Å²) in [5.41, 5.74) is 4.55. The first-order valence-corrected chi connectivity index (χ1v) is 6.88. The van der Waals surface area contributed by atoms with Crippen molar-refractivity contribution < 1.29 is 13.5 Å². The van der Waals surface area contributed by atoms with Crippen molar-refractivity contribution in [3.63, 3.8) is 0 Å². The van der Waals surface area contributed by atoms with Crippen LogP contribution in [0.25, 0.3) is 0 Å². The van der Waals surface area contributed by atoms with Gasteiger partial charge < -0.3 is 4.74 Å². The molecule has 0 amide bonds. The third-order valence-corrected chi connectivity index (χ3v) is 3.61. The lowest BCUT2D eigenvalue weighted by atomic mass is 10.0. The minimum atomic E-state index is -2.82. The Labute approximate surface area is 119 Å². The summed E-state index contributed by atoms with van der Waals surface area (Å²) in [5.74, 6) is 5.68. The molecule has 1 atom stereocenters. The number of aromatic nitrogens is 1. The van der Waals surface area contributed by atoms with Gasteiger partial charge in [0.1, 0.15) is 5.75 Å². The number of nitrogens with two attached hydrogens (primary N) is 1. The minimum absolute atomic E-state index is 0.128. The molecule has 108 valence electrons. The van der Waals surface area contributed by atoms with Crippen molar-refractivity contribution in [2.45, 2.75) is 26.0 Å². The molecule has 0 aliphatic heterocycles. The van der Waals surface area contributed by atoms with Gasteiger partial charge in [-0.05, 0) is 24.6 Å². The highest BCUT2D eigenvalue weighted by Gasteiger charge is 2.13. The number of aryl methyl sites for hydroxylation is 1. The van der Waals surface area contributed by atoms with Gasteiger partial charge in [0.15, 0.2) is 0 Å². The zero-order valence-electron chi connectivity index (χ0n) is 10.8. The fourth-order valence-electron chi connectivity index (χ4n) is 1.87. The van der Waals surface area contributed by atoms with Crippen molar-refractivity contribution in [1.82, 2.24) is 10.4 Å². The Morgan fingerprint density at radius 2 is 2.05 bits per heavy atom. The van der Waals surface area contributed by atoms with Gasteiger partial charge in [0.05, 0.1) is 16.7 Å². The molecule has 0 bridgehead atoms. The fraction of sp³-hybridized carbons (Fsp3) is 0.308. The Morgan fingerprint density at radius 3 is 2.55 bits per heavy atom. The van der Waals surface area contributed by atoms with Crippen LogP contribution in [0.2, 0.25) is 0 Å². The molecule has 7 heteroatoms. The number of thiazole rings is 1. The Balaban J connectivity index is 2.07. The van der Waals surface area contributed by atoms with Crippen LogP contribution in [0.15, 0.2) is 29.6 Å². The summed E-state index contributed by atoms with van der Waals surface area (Å²) in [6.07, 6.45) is 0.635. The topological polar surface area (TPSA) is 60.2 Å². The van der Waals surface area contributed by atoms with E-state index in [1.165, 1.54) is 12.1 Å². The molecule has 2 rings (SSSR count). The lowest BCUT2D eigenvalue weighted by Crippen LogP contribution is -2.29. The molecule has 1 heterocycles. The monoisotopic (exact) mass is 299 g/mol. The van der Waals surface area contributed by atoms with Crippen molar-refractivity contribution >= 4 is 11.3 Å². The minimum Gasteiger partial charge on any atom is -0.435 e. The molecule has 1 aromatic heterocycles. The summed E-state index contributed by atoms with van der Waals surface area (Å²) in [6, 6.07) is 6.29. The van der Waals surface area contributed by atoms with E-state index in [-0.39, 0.29) is 11.8 Å². The van der Waals surface area contributed by atoms with Crippen LogP contribution in [0.3, 0.4) is 0 Å². The van der Waals surface area contributed by atoms with Gasteiger partial charge in [-0.15, -0.1) is 11.3 Å². The zero-order chi connectivity index (χ0) is 14.5. The van der Waals surface area contributed by atoms with Crippen LogP contribution < -0.4 is 16.0 Å². The number of nitrogens with one attached hydrogen (secondary N) is 1. The zero-order valence-corrected chi connectivity index (χ0v) is 11.7. The lowest BCUT2D eigenvalue weighted by Gasteiger charge is -2.15. The van der Waals surface area contributed by atoms with Crippen LogP contribution in [0.4, 0.5) is 8.78 Å². The smallest absolute Gasteiger partial charge is 0.387 e. The average Bonchev–Trinajstić information content (AvgIpc) is 2.82. The summed E-state index contributed by atoms with van der Waals surface area (Å²) in [5, 5.41) is 2.98. The van der Waals surface area contributed by atoms with E-state index in [0.717, 1.165) is 16.3 Å². The first kappa shape index (κ1) is 14.8. The number of halogens is 2. The number of rotatable bonds is 6. The molecule has 2 aromatic rings. The fourth-order valence-corrected chi connectivity index (χ4v) is 2.49. The largest absolute Gasteiger partial charge is 0.435 e. The van der Waals surface area contributed by atoms with Gasteiger partial charge in [-0.25, -0.2) is 4.98 Å². The van der Waals surface area contributed by atoms with E-state index in [4.69, 9.17) is 5.84 Å². The number of nitrogens with zero attached hydrogens (tertiary/aromatic N) is 1. The second-order valence-electron chi connectivity index (χ2n) is 4.23. The van der Waals surface area contributed by atoms with E-state index in [9.17, 15) is 8.78 Å². The number of ether oxygens (including phenoxy) is 1.